The standard InChI is InChI=1S/C13H6BrNS/c14-9-2-4-13-11(6-9)10-5-8(7-15)1-3-12(10)16-13/h1-6H. The van der Waals surface area contributed by atoms with E-state index >= 15 is 0 Å². The molecule has 0 N–H and O–H groups in total. The number of nitrogens with zero attached hydrogens (tertiary/aromatic N) is 1. The van der Waals surface area contributed by atoms with Gasteiger partial charge < -0.3 is 0 Å². The number of halogens is 1. The normalized spacial score (nSPS) is 10.8. The largest absolute Gasteiger partial charge is 0.192 e. The van der Waals surface area contributed by atoms with Crippen LogP contribution in [0.15, 0.2) is 40.9 Å². The van der Waals surface area contributed by atoms with Crippen molar-refractivity contribution in [2.75, 3.05) is 0 Å². The predicted molar refractivity (Wildman–Crippen MR) is 71.7 cm³/mol. The molecule has 0 atom stereocenters. The Bertz CT molecular complexity index is 737. The van der Waals surface area contributed by atoms with E-state index in [1.807, 2.05) is 24.3 Å². The molecular formula is C13H6BrNS. The summed E-state index contributed by atoms with van der Waals surface area (Å²) < 4.78 is 3.56. The average Bonchev–Trinajstić information content (AvgIpc) is 2.66. The minimum absolute atomic E-state index is 0.715. The van der Waals surface area contributed by atoms with Gasteiger partial charge in [-0.15, -0.1) is 11.3 Å². The van der Waals surface area contributed by atoms with E-state index in [0.29, 0.717) is 5.56 Å². The first kappa shape index (κ1) is 9.83. The molecule has 16 heavy (non-hydrogen) atoms. The van der Waals surface area contributed by atoms with E-state index in [4.69, 9.17) is 5.26 Å². The van der Waals surface area contributed by atoms with Crippen molar-refractivity contribution in [3.8, 4) is 6.07 Å². The van der Waals surface area contributed by atoms with Crippen molar-refractivity contribution in [1.82, 2.24) is 0 Å². The van der Waals surface area contributed by atoms with Gasteiger partial charge in [-0.05, 0) is 36.4 Å². The molecule has 1 aromatic heterocycles. The van der Waals surface area contributed by atoms with Crippen molar-refractivity contribution in [3.63, 3.8) is 0 Å². The van der Waals surface area contributed by atoms with Gasteiger partial charge in [0.05, 0.1) is 11.6 Å². The molecule has 3 rings (SSSR count). The highest BCUT2D eigenvalue weighted by atomic mass is 79.9. The average molecular weight is 288 g/mol. The summed E-state index contributed by atoms with van der Waals surface area (Å²) in [6.45, 7) is 0. The second kappa shape index (κ2) is 3.58. The Morgan fingerprint density at radius 3 is 2.44 bits per heavy atom. The molecule has 0 saturated heterocycles. The van der Waals surface area contributed by atoms with Crippen LogP contribution in [0.25, 0.3) is 20.2 Å². The second-order valence-corrected chi connectivity index (χ2v) is 5.56. The molecule has 0 aliphatic rings. The van der Waals surface area contributed by atoms with Crippen LogP contribution in [0.3, 0.4) is 0 Å². The SMILES string of the molecule is N#Cc1ccc2sc3ccc(Br)cc3c2c1. The maximum absolute atomic E-state index is 8.91. The minimum Gasteiger partial charge on any atom is -0.192 e. The van der Waals surface area contributed by atoms with Gasteiger partial charge in [0.2, 0.25) is 0 Å². The Morgan fingerprint density at radius 1 is 1.00 bits per heavy atom. The molecule has 0 spiro atoms. The van der Waals surface area contributed by atoms with Gasteiger partial charge in [0.25, 0.3) is 0 Å². The fourth-order valence-electron chi connectivity index (χ4n) is 1.82. The van der Waals surface area contributed by atoms with Crippen LogP contribution in [0.4, 0.5) is 0 Å². The number of rotatable bonds is 0. The van der Waals surface area contributed by atoms with Gasteiger partial charge in [-0.1, -0.05) is 15.9 Å². The van der Waals surface area contributed by atoms with Crippen LogP contribution in [-0.4, -0.2) is 0 Å². The van der Waals surface area contributed by atoms with Crippen molar-refractivity contribution in [2.45, 2.75) is 0 Å². The molecule has 0 bridgehead atoms. The van der Waals surface area contributed by atoms with Gasteiger partial charge >= 0.3 is 0 Å². The van der Waals surface area contributed by atoms with E-state index in [2.05, 4.69) is 34.1 Å². The molecule has 0 amide bonds. The lowest BCUT2D eigenvalue weighted by Crippen LogP contribution is -1.72. The van der Waals surface area contributed by atoms with E-state index < -0.39 is 0 Å². The van der Waals surface area contributed by atoms with Crippen LogP contribution in [0.1, 0.15) is 5.56 Å². The van der Waals surface area contributed by atoms with Crippen LogP contribution in [0, 0.1) is 11.3 Å². The molecule has 3 aromatic rings. The fraction of sp³-hybridized carbons (Fsp3) is 0. The van der Waals surface area contributed by atoms with E-state index in [1.54, 1.807) is 11.3 Å². The number of benzene rings is 2. The summed E-state index contributed by atoms with van der Waals surface area (Å²) in [5.41, 5.74) is 0.715. The van der Waals surface area contributed by atoms with Crippen molar-refractivity contribution < 1.29 is 0 Å². The van der Waals surface area contributed by atoms with E-state index in [1.165, 1.54) is 20.2 Å². The highest BCUT2D eigenvalue weighted by Crippen LogP contribution is 2.35. The lowest BCUT2D eigenvalue weighted by atomic mass is 10.1. The predicted octanol–water partition coefficient (Wildman–Crippen LogP) is 4.69. The smallest absolute Gasteiger partial charge is 0.0991 e. The number of fused-ring (bicyclic) bond motifs is 3. The molecule has 0 fully saturated rings. The third-order valence-corrected chi connectivity index (χ3v) is 4.21. The zero-order valence-electron chi connectivity index (χ0n) is 8.20. The van der Waals surface area contributed by atoms with Crippen LogP contribution in [0.5, 0.6) is 0 Å². The summed E-state index contributed by atoms with van der Waals surface area (Å²) in [4.78, 5) is 0. The molecule has 0 unspecified atom stereocenters. The summed E-state index contributed by atoms with van der Waals surface area (Å²) in [5, 5.41) is 11.3. The minimum atomic E-state index is 0.715. The second-order valence-electron chi connectivity index (χ2n) is 3.57. The van der Waals surface area contributed by atoms with Gasteiger partial charge in [-0.25, -0.2) is 0 Å². The Labute approximate surface area is 105 Å². The first-order chi connectivity index (χ1) is 7.78. The van der Waals surface area contributed by atoms with Gasteiger partial charge in [0, 0.05) is 24.6 Å². The molecule has 1 nitrogen and oxygen atoms in total. The van der Waals surface area contributed by atoms with Gasteiger partial charge in [0.1, 0.15) is 0 Å². The number of thiophene rings is 1. The van der Waals surface area contributed by atoms with E-state index in [-0.39, 0.29) is 0 Å². The third-order valence-electron chi connectivity index (χ3n) is 2.56. The van der Waals surface area contributed by atoms with Gasteiger partial charge in [-0.3, -0.25) is 0 Å². The third kappa shape index (κ3) is 1.42. The molecular weight excluding hydrogens is 282 g/mol. The molecule has 0 radical (unpaired) electrons. The van der Waals surface area contributed by atoms with Crippen LogP contribution >= 0.6 is 27.3 Å². The first-order valence-electron chi connectivity index (χ1n) is 4.80. The Hall–Kier alpha value is -1.37. The van der Waals surface area contributed by atoms with E-state index in [0.717, 1.165) is 4.47 Å². The highest BCUT2D eigenvalue weighted by molar-refractivity contribution is 9.10. The highest BCUT2D eigenvalue weighted by Gasteiger charge is 2.05. The number of nitriles is 1. The Morgan fingerprint density at radius 2 is 1.69 bits per heavy atom. The molecule has 0 aliphatic heterocycles. The van der Waals surface area contributed by atoms with E-state index in [9.17, 15) is 0 Å². The topological polar surface area (TPSA) is 23.8 Å². The van der Waals surface area contributed by atoms with Crippen LogP contribution in [0.2, 0.25) is 0 Å². The van der Waals surface area contributed by atoms with Crippen LogP contribution < -0.4 is 0 Å². The lowest BCUT2D eigenvalue weighted by molar-refractivity contribution is 1.50. The van der Waals surface area contributed by atoms with Crippen molar-refractivity contribution in [1.29, 1.82) is 5.26 Å². The summed E-state index contributed by atoms with van der Waals surface area (Å²) >= 11 is 5.24. The van der Waals surface area contributed by atoms with Crippen molar-refractivity contribution in [3.05, 3.63) is 46.4 Å². The number of hydrogen-bond acceptors (Lipinski definition) is 2. The monoisotopic (exact) mass is 287 g/mol. The zero-order chi connectivity index (χ0) is 11.1. The maximum atomic E-state index is 8.91. The lowest BCUT2D eigenvalue weighted by Gasteiger charge is -1.93. The summed E-state index contributed by atoms with van der Waals surface area (Å²) in [6.07, 6.45) is 0. The van der Waals surface area contributed by atoms with Gasteiger partial charge in [-0.2, -0.15) is 5.26 Å². The molecule has 3 heteroatoms. The fourth-order valence-corrected chi connectivity index (χ4v) is 3.25. The zero-order valence-corrected chi connectivity index (χ0v) is 10.6. The Balaban J connectivity index is 2.50. The van der Waals surface area contributed by atoms with Crippen molar-refractivity contribution in [2.24, 2.45) is 0 Å². The van der Waals surface area contributed by atoms with Crippen LogP contribution in [-0.2, 0) is 0 Å². The number of hydrogen-bond donors (Lipinski definition) is 0. The summed E-state index contributed by atoms with van der Waals surface area (Å²) in [6, 6.07) is 14.3. The molecule has 1 heterocycles. The summed E-state index contributed by atoms with van der Waals surface area (Å²) in [5.74, 6) is 0. The molecule has 0 aliphatic carbocycles. The first-order valence-corrected chi connectivity index (χ1v) is 6.41. The van der Waals surface area contributed by atoms with Crippen molar-refractivity contribution >= 4 is 47.4 Å². The quantitative estimate of drug-likeness (QED) is 0.588. The molecule has 76 valence electrons. The molecule has 0 saturated carbocycles. The maximum Gasteiger partial charge on any atom is 0.0991 e. The molecule has 2 aromatic carbocycles. The Kier molecular flexibility index (Phi) is 2.20. The van der Waals surface area contributed by atoms with Gasteiger partial charge in [0.15, 0.2) is 0 Å². The summed E-state index contributed by atoms with van der Waals surface area (Å²) in [7, 11) is 0.